The second-order valence-electron chi connectivity index (χ2n) is 8.09. The van der Waals surface area contributed by atoms with Gasteiger partial charge in [-0.05, 0) is 75.5 Å². The third-order valence-electron chi connectivity index (χ3n) is 5.74. The number of methoxy groups -OCH3 is 1. The highest BCUT2D eigenvalue weighted by Crippen LogP contribution is 2.31. The first-order chi connectivity index (χ1) is 18.4. The van der Waals surface area contributed by atoms with Gasteiger partial charge in [-0.1, -0.05) is 34.6 Å². The predicted octanol–water partition coefficient (Wildman–Crippen LogP) is 4.89. The zero-order valence-corrected chi connectivity index (χ0v) is 21.6. The van der Waals surface area contributed by atoms with E-state index in [-0.39, 0.29) is 33.9 Å². The monoisotopic (exact) mass is 583 g/mol. The van der Waals surface area contributed by atoms with Gasteiger partial charge in [0.1, 0.15) is 23.0 Å². The number of carbonyl (C=O) groups is 1. The Balaban J connectivity index is 1.60. The maximum atomic E-state index is 13.7. The van der Waals surface area contributed by atoms with Gasteiger partial charge in [0.25, 0.3) is 5.91 Å². The number of rotatable bonds is 9. The molecule has 0 aliphatic carbocycles. The summed E-state index contributed by atoms with van der Waals surface area (Å²) < 4.78 is 24.2. The molecule has 12 heteroatoms. The fraction of sp³-hybridized carbons (Fsp3) is 0.154. The van der Waals surface area contributed by atoms with Gasteiger partial charge in [0, 0.05) is 18.2 Å². The molecule has 4 rings (SSSR count). The molecular formula is C26H23BrFN5O5. The molecule has 1 heterocycles. The SMILES string of the molecule is COc1ccc(C(CCNC(=O)c2ccccc2O)c2nonc2C(=NO)Nc2ccc(F)c(Br)c2)cc1. The highest BCUT2D eigenvalue weighted by molar-refractivity contribution is 9.10. The Morgan fingerprint density at radius 2 is 1.92 bits per heavy atom. The van der Waals surface area contributed by atoms with Gasteiger partial charge in [0.2, 0.25) is 5.84 Å². The molecule has 4 N–H and O–H groups in total. The molecule has 196 valence electrons. The van der Waals surface area contributed by atoms with Crippen LogP contribution in [0.1, 0.15) is 39.6 Å². The quantitative estimate of drug-likeness (QED) is 0.0944. The molecule has 0 saturated heterocycles. The topological polar surface area (TPSA) is 142 Å². The Hall–Kier alpha value is -4.45. The number of amides is 1. The third-order valence-corrected chi connectivity index (χ3v) is 6.34. The minimum atomic E-state index is -0.453. The molecule has 0 fully saturated rings. The zero-order chi connectivity index (χ0) is 27.1. The number of nitrogens with zero attached hydrogens (tertiary/aromatic N) is 3. The standard InChI is InChI=1S/C26H23BrFN5O5/c1-37-17-9-6-15(7-10-17)18(12-13-29-26(35)19-4-2-3-5-22(19)34)23-24(33-38-32-23)25(31-36)30-16-8-11-21(28)20(27)14-16/h2-11,14,18,34,36H,12-13H2,1H3,(H,29,35)(H,30,31). The summed E-state index contributed by atoms with van der Waals surface area (Å²) >= 11 is 3.12. The van der Waals surface area contributed by atoms with E-state index in [1.165, 1.54) is 30.3 Å². The maximum absolute atomic E-state index is 13.7. The highest BCUT2D eigenvalue weighted by atomic mass is 79.9. The molecule has 3 aromatic carbocycles. The van der Waals surface area contributed by atoms with E-state index in [0.717, 1.165) is 5.56 Å². The van der Waals surface area contributed by atoms with Gasteiger partial charge in [0.15, 0.2) is 5.69 Å². The minimum absolute atomic E-state index is 0.0727. The molecule has 1 atom stereocenters. The van der Waals surface area contributed by atoms with Crippen LogP contribution < -0.4 is 15.4 Å². The number of anilines is 1. The van der Waals surface area contributed by atoms with E-state index >= 15 is 0 Å². The summed E-state index contributed by atoms with van der Waals surface area (Å²) in [7, 11) is 1.56. The Labute approximate surface area is 225 Å². The van der Waals surface area contributed by atoms with E-state index in [1.54, 1.807) is 31.4 Å². The van der Waals surface area contributed by atoms with Crippen LogP contribution in [0.5, 0.6) is 11.5 Å². The number of hydrogen-bond donors (Lipinski definition) is 4. The molecule has 38 heavy (non-hydrogen) atoms. The van der Waals surface area contributed by atoms with Crippen LogP contribution in [-0.4, -0.2) is 46.0 Å². The number of carbonyl (C=O) groups excluding carboxylic acids is 1. The summed E-state index contributed by atoms with van der Waals surface area (Å²) in [6, 6.07) is 17.7. The molecular weight excluding hydrogens is 561 g/mol. The molecule has 0 aliphatic heterocycles. The van der Waals surface area contributed by atoms with Crippen molar-refractivity contribution in [1.29, 1.82) is 0 Å². The molecule has 4 aromatic rings. The van der Waals surface area contributed by atoms with E-state index < -0.39 is 17.6 Å². The molecule has 0 radical (unpaired) electrons. The molecule has 1 aromatic heterocycles. The number of para-hydroxylation sites is 1. The second-order valence-corrected chi connectivity index (χ2v) is 8.94. The van der Waals surface area contributed by atoms with Crippen molar-refractivity contribution in [2.24, 2.45) is 5.16 Å². The molecule has 0 spiro atoms. The highest BCUT2D eigenvalue weighted by Gasteiger charge is 2.27. The van der Waals surface area contributed by atoms with Gasteiger partial charge < -0.3 is 25.7 Å². The Morgan fingerprint density at radius 1 is 1.16 bits per heavy atom. The maximum Gasteiger partial charge on any atom is 0.255 e. The second kappa shape index (κ2) is 12.2. The lowest BCUT2D eigenvalue weighted by molar-refractivity contribution is 0.0950. The lowest BCUT2D eigenvalue weighted by Crippen LogP contribution is -2.26. The number of phenolic OH excluding ortho intramolecular Hbond substituents is 1. The summed E-state index contributed by atoms with van der Waals surface area (Å²) in [6.45, 7) is 0.208. The van der Waals surface area contributed by atoms with Crippen molar-refractivity contribution in [2.75, 3.05) is 19.0 Å². The van der Waals surface area contributed by atoms with Crippen molar-refractivity contribution in [3.63, 3.8) is 0 Å². The van der Waals surface area contributed by atoms with E-state index in [2.05, 4.69) is 42.0 Å². The van der Waals surface area contributed by atoms with Crippen molar-refractivity contribution in [1.82, 2.24) is 15.6 Å². The summed E-state index contributed by atoms with van der Waals surface area (Å²) in [5.41, 5.74) is 1.85. The molecule has 0 saturated carbocycles. The van der Waals surface area contributed by atoms with Gasteiger partial charge in [-0.15, -0.1) is 0 Å². The number of ether oxygens (including phenoxy) is 1. The van der Waals surface area contributed by atoms with Crippen LogP contribution in [0.25, 0.3) is 0 Å². The van der Waals surface area contributed by atoms with E-state index in [9.17, 15) is 19.5 Å². The van der Waals surface area contributed by atoms with Crippen molar-refractivity contribution in [2.45, 2.75) is 12.3 Å². The molecule has 10 nitrogen and oxygen atoms in total. The first-order valence-corrected chi connectivity index (χ1v) is 12.2. The lowest BCUT2D eigenvalue weighted by atomic mass is 9.91. The average Bonchev–Trinajstić information content (AvgIpc) is 3.41. The Kier molecular flexibility index (Phi) is 8.54. The van der Waals surface area contributed by atoms with Crippen molar-refractivity contribution in [3.05, 3.63) is 99.5 Å². The number of aromatic nitrogens is 2. The van der Waals surface area contributed by atoms with Crippen LogP contribution in [0, 0.1) is 5.82 Å². The summed E-state index contributed by atoms with van der Waals surface area (Å²) in [5.74, 6) is -0.882. The van der Waals surface area contributed by atoms with Crippen LogP contribution >= 0.6 is 15.9 Å². The average molecular weight is 584 g/mol. The van der Waals surface area contributed by atoms with E-state index in [0.29, 0.717) is 23.6 Å². The van der Waals surface area contributed by atoms with Crippen LogP contribution in [0.4, 0.5) is 10.1 Å². The summed E-state index contributed by atoms with van der Waals surface area (Å²) in [5, 5.41) is 36.8. The van der Waals surface area contributed by atoms with Crippen molar-refractivity contribution >= 4 is 33.4 Å². The van der Waals surface area contributed by atoms with Crippen LogP contribution in [0.2, 0.25) is 0 Å². The summed E-state index contributed by atoms with van der Waals surface area (Å²) in [6.07, 6.45) is 0.355. The number of halogens is 2. The van der Waals surface area contributed by atoms with Crippen LogP contribution in [0.3, 0.4) is 0 Å². The molecule has 1 unspecified atom stereocenters. The number of aromatic hydroxyl groups is 1. The fourth-order valence-electron chi connectivity index (χ4n) is 3.82. The number of oxime groups is 1. The Morgan fingerprint density at radius 3 is 2.61 bits per heavy atom. The van der Waals surface area contributed by atoms with Gasteiger partial charge in [-0.25, -0.2) is 9.02 Å². The van der Waals surface area contributed by atoms with E-state index in [4.69, 9.17) is 9.37 Å². The number of benzene rings is 3. The van der Waals surface area contributed by atoms with Crippen molar-refractivity contribution < 1.29 is 28.9 Å². The van der Waals surface area contributed by atoms with Gasteiger partial charge in [-0.2, -0.15) is 0 Å². The minimum Gasteiger partial charge on any atom is -0.507 e. The molecule has 0 bridgehead atoms. The van der Waals surface area contributed by atoms with Crippen LogP contribution in [-0.2, 0) is 0 Å². The third kappa shape index (κ3) is 6.09. The lowest BCUT2D eigenvalue weighted by Gasteiger charge is -2.17. The molecule has 1 amide bonds. The Bertz CT molecular complexity index is 1440. The fourth-order valence-corrected chi connectivity index (χ4v) is 4.20. The summed E-state index contributed by atoms with van der Waals surface area (Å²) in [4.78, 5) is 12.6. The number of phenols is 1. The van der Waals surface area contributed by atoms with Gasteiger partial charge in [0.05, 0.1) is 17.1 Å². The number of amidine groups is 1. The zero-order valence-electron chi connectivity index (χ0n) is 20.1. The van der Waals surface area contributed by atoms with E-state index in [1.807, 2.05) is 12.1 Å². The van der Waals surface area contributed by atoms with Crippen LogP contribution in [0.15, 0.2) is 81.0 Å². The van der Waals surface area contributed by atoms with Gasteiger partial charge >= 0.3 is 0 Å². The first-order valence-electron chi connectivity index (χ1n) is 11.4. The largest absolute Gasteiger partial charge is 0.507 e. The number of hydrogen-bond acceptors (Lipinski definition) is 8. The van der Waals surface area contributed by atoms with Gasteiger partial charge in [-0.3, -0.25) is 4.79 Å². The number of nitrogens with one attached hydrogen (secondary N) is 2. The van der Waals surface area contributed by atoms with Crippen molar-refractivity contribution in [3.8, 4) is 11.5 Å². The smallest absolute Gasteiger partial charge is 0.255 e. The first kappa shape index (κ1) is 26.6. The molecule has 0 aliphatic rings. The normalized spacial score (nSPS) is 12.1. The predicted molar refractivity (Wildman–Crippen MR) is 140 cm³/mol.